The molecule has 0 aliphatic heterocycles. The van der Waals surface area contributed by atoms with Crippen LogP contribution in [0.15, 0.2) is 48.7 Å². The summed E-state index contributed by atoms with van der Waals surface area (Å²) in [5, 5.41) is 3.61. The van der Waals surface area contributed by atoms with Gasteiger partial charge in [-0.3, -0.25) is 4.79 Å². The summed E-state index contributed by atoms with van der Waals surface area (Å²) in [6.07, 6.45) is 1.45. The molecule has 0 spiro atoms. The van der Waals surface area contributed by atoms with E-state index in [1.165, 1.54) is 6.20 Å². The van der Waals surface area contributed by atoms with Crippen LogP contribution < -0.4 is 11.1 Å². The highest BCUT2D eigenvalue weighted by molar-refractivity contribution is 6.31. The molecule has 0 fully saturated rings. The minimum Gasteiger partial charge on any atom is -0.348 e. The van der Waals surface area contributed by atoms with Gasteiger partial charge in [0.2, 0.25) is 5.95 Å². The van der Waals surface area contributed by atoms with Crippen LogP contribution in [-0.4, -0.2) is 10.9 Å². The van der Waals surface area contributed by atoms with Crippen LogP contribution in [-0.2, 0) is 13.1 Å². The quantitative estimate of drug-likeness (QED) is 0.621. The Morgan fingerprint density at radius 1 is 1.07 bits per heavy atom. The van der Waals surface area contributed by atoms with Crippen molar-refractivity contribution in [2.75, 3.05) is 0 Å². The van der Waals surface area contributed by atoms with Gasteiger partial charge in [0, 0.05) is 41.0 Å². The van der Waals surface area contributed by atoms with Gasteiger partial charge in [0.1, 0.15) is 0 Å². The molecule has 0 unspecified atom stereocenters. The van der Waals surface area contributed by atoms with Gasteiger partial charge in [-0.2, -0.15) is 4.39 Å². The number of pyridine rings is 1. The van der Waals surface area contributed by atoms with Crippen molar-refractivity contribution in [3.63, 3.8) is 0 Å². The number of amides is 1. The molecule has 6 heteroatoms. The van der Waals surface area contributed by atoms with Crippen LogP contribution in [0, 0.1) is 19.8 Å². The van der Waals surface area contributed by atoms with Gasteiger partial charge in [0.05, 0.1) is 0 Å². The molecule has 0 atom stereocenters. The van der Waals surface area contributed by atoms with E-state index in [2.05, 4.69) is 10.3 Å². The Morgan fingerprint density at radius 3 is 2.54 bits per heavy atom. The first-order valence-corrected chi connectivity index (χ1v) is 9.25. The zero-order valence-electron chi connectivity index (χ0n) is 15.7. The Morgan fingerprint density at radius 2 is 1.86 bits per heavy atom. The Balaban J connectivity index is 1.84. The SMILES string of the molecule is Cc1cc(CNC(=O)c2cc(CN)cc(-c3cnc(F)c(C)c3)c2)ccc1Cl. The molecule has 28 heavy (non-hydrogen) atoms. The third-order valence-corrected chi connectivity index (χ3v) is 4.94. The van der Waals surface area contributed by atoms with E-state index in [1.807, 2.05) is 31.2 Å². The smallest absolute Gasteiger partial charge is 0.251 e. The van der Waals surface area contributed by atoms with Crippen molar-refractivity contribution >= 4 is 17.5 Å². The van der Waals surface area contributed by atoms with Gasteiger partial charge in [-0.25, -0.2) is 4.98 Å². The van der Waals surface area contributed by atoms with Crippen molar-refractivity contribution in [1.82, 2.24) is 10.3 Å². The van der Waals surface area contributed by atoms with Crippen molar-refractivity contribution in [3.8, 4) is 11.1 Å². The maximum absolute atomic E-state index is 13.5. The molecule has 1 heterocycles. The second-order valence-electron chi connectivity index (χ2n) is 6.72. The average Bonchev–Trinajstić information content (AvgIpc) is 2.70. The first-order valence-electron chi connectivity index (χ1n) is 8.87. The number of aromatic nitrogens is 1. The first kappa shape index (κ1) is 20.0. The standard InChI is InChI=1S/C22H21ClFN3O/c1-13-5-15(3-4-20(13)23)11-27-22(28)18-8-16(10-25)7-17(9-18)19-6-14(2)21(24)26-12-19/h3-9,12H,10-11,25H2,1-2H3,(H,27,28). The topological polar surface area (TPSA) is 68.0 Å². The Bertz CT molecular complexity index is 1040. The molecule has 0 bridgehead atoms. The van der Waals surface area contributed by atoms with E-state index >= 15 is 0 Å². The fraction of sp³-hybridized carbons (Fsp3) is 0.182. The summed E-state index contributed by atoms with van der Waals surface area (Å²) in [6, 6.07) is 12.7. The summed E-state index contributed by atoms with van der Waals surface area (Å²) >= 11 is 6.04. The van der Waals surface area contributed by atoms with Crippen LogP contribution in [0.2, 0.25) is 5.02 Å². The molecule has 0 saturated heterocycles. The number of carbonyl (C=O) groups is 1. The van der Waals surface area contributed by atoms with E-state index in [-0.39, 0.29) is 12.5 Å². The van der Waals surface area contributed by atoms with Crippen LogP contribution in [0.3, 0.4) is 0 Å². The lowest BCUT2D eigenvalue weighted by atomic mass is 9.99. The predicted octanol–water partition coefficient (Wildman–Crippen LogP) is 4.55. The molecule has 144 valence electrons. The van der Waals surface area contributed by atoms with Crippen LogP contribution in [0.25, 0.3) is 11.1 Å². The summed E-state index contributed by atoms with van der Waals surface area (Å²) in [5.74, 6) is -0.717. The Labute approximate surface area is 168 Å². The minimum atomic E-state index is -0.505. The molecule has 0 aliphatic carbocycles. The maximum Gasteiger partial charge on any atom is 0.251 e. The van der Waals surface area contributed by atoms with Gasteiger partial charge in [-0.15, -0.1) is 0 Å². The monoisotopic (exact) mass is 397 g/mol. The van der Waals surface area contributed by atoms with E-state index in [0.29, 0.717) is 22.7 Å². The number of nitrogens with two attached hydrogens (primary N) is 1. The largest absolute Gasteiger partial charge is 0.348 e. The van der Waals surface area contributed by atoms with Crippen LogP contribution >= 0.6 is 11.6 Å². The second kappa shape index (κ2) is 8.50. The zero-order chi connectivity index (χ0) is 20.3. The molecule has 3 aromatic rings. The molecule has 4 nitrogen and oxygen atoms in total. The molecule has 1 amide bonds. The highest BCUT2D eigenvalue weighted by Crippen LogP contribution is 2.24. The van der Waals surface area contributed by atoms with Crippen LogP contribution in [0.4, 0.5) is 4.39 Å². The summed E-state index contributed by atoms with van der Waals surface area (Å²) in [7, 11) is 0. The molecule has 3 rings (SSSR count). The van der Waals surface area contributed by atoms with Crippen LogP contribution in [0.5, 0.6) is 0 Å². The highest BCUT2D eigenvalue weighted by Gasteiger charge is 2.11. The number of halogens is 2. The number of aryl methyl sites for hydroxylation is 2. The van der Waals surface area contributed by atoms with Gasteiger partial charge in [0.15, 0.2) is 0 Å². The van der Waals surface area contributed by atoms with E-state index in [0.717, 1.165) is 27.8 Å². The lowest BCUT2D eigenvalue weighted by molar-refractivity contribution is 0.0951. The van der Waals surface area contributed by atoms with Crippen molar-refractivity contribution in [2.45, 2.75) is 26.9 Å². The summed E-state index contributed by atoms with van der Waals surface area (Å²) in [4.78, 5) is 16.5. The molecule has 3 N–H and O–H groups in total. The molecule has 1 aromatic heterocycles. The van der Waals surface area contributed by atoms with Crippen LogP contribution in [0.1, 0.15) is 32.6 Å². The number of hydrogen-bond acceptors (Lipinski definition) is 3. The van der Waals surface area contributed by atoms with Crippen molar-refractivity contribution in [2.24, 2.45) is 5.73 Å². The van der Waals surface area contributed by atoms with E-state index in [9.17, 15) is 9.18 Å². The number of nitrogens with one attached hydrogen (secondary N) is 1. The van der Waals surface area contributed by atoms with Gasteiger partial charge in [-0.1, -0.05) is 23.7 Å². The minimum absolute atomic E-state index is 0.212. The molecule has 2 aromatic carbocycles. The molecular weight excluding hydrogens is 377 g/mol. The van der Waals surface area contributed by atoms with E-state index < -0.39 is 5.95 Å². The van der Waals surface area contributed by atoms with Crippen molar-refractivity contribution in [3.05, 3.63) is 87.4 Å². The summed E-state index contributed by atoms with van der Waals surface area (Å²) < 4.78 is 13.5. The third kappa shape index (κ3) is 4.55. The van der Waals surface area contributed by atoms with Crippen molar-refractivity contribution < 1.29 is 9.18 Å². The summed E-state index contributed by atoms with van der Waals surface area (Å²) in [6.45, 7) is 4.25. The fourth-order valence-electron chi connectivity index (χ4n) is 2.92. The fourth-order valence-corrected chi connectivity index (χ4v) is 3.04. The van der Waals surface area contributed by atoms with Gasteiger partial charge in [0.25, 0.3) is 5.91 Å². The summed E-state index contributed by atoms with van der Waals surface area (Å²) in [5.41, 5.74) is 11.0. The number of nitrogens with zero attached hydrogens (tertiary/aromatic N) is 1. The normalized spacial score (nSPS) is 10.8. The molecular formula is C22H21ClFN3O. The first-order chi connectivity index (χ1) is 13.4. The third-order valence-electron chi connectivity index (χ3n) is 4.51. The predicted molar refractivity (Wildman–Crippen MR) is 110 cm³/mol. The number of rotatable bonds is 5. The van der Waals surface area contributed by atoms with Gasteiger partial charge in [-0.05, 0) is 66.4 Å². The lowest BCUT2D eigenvalue weighted by Gasteiger charge is -2.11. The average molecular weight is 398 g/mol. The molecule has 0 saturated carbocycles. The number of carbonyl (C=O) groups excluding carboxylic acids is 1. The van der Waals surface area contributed by atoms with Gasteiger partial charge < -0.3 is 11.1 Å². The van der Waals surface area contributed by atoms with Gasteiger partial charge >= 0.3 is 0 Å². The highest BCUT2D eigenvalue weighted by atomic mass is 35.5. The second-order valence-corrected chi connectivity index (χ2v) is 7.13. The maximum atomic E-state index is 13.5. The number of benzene rings is 2. The molecule has 0 aliphatic rings. The Kier molecular flexibility index (Phi) is 6.07. The zero-order valence-corrected chi connectivity index (χ0v) is 16.5. The number of hydrogen-bond donors (Lipinski definition) is 2. The van der Waals surface area contributed by atoms with E-state index in [4.69, 9.17) is 17.3 Å². The molecule has 0 radical (unpaired) electrons. The Hall–Kier alpha value is -2.76. The lowest BCUT2D eigenvalue weighted by Crippen LogP contribution is -2.23. The van der Waals surface area contributed by atoms with Crippen molar-refractivity contribution in [1.29, 1.82) is 0 Å². The van der Waals surface area contributed by atoms with E-state index in [1.54, 1.807) is 25.1 Å².